The number of aryl methyl sites for hydroxylation is 1. The molecule has 1 aromatic heterocycles. The van der Waals surface area contributed by atoms with Crippen LogP contribution in [-0.4, -0.2) is 25.8 Å². The third-order valence-electron chi connectivity index (χ3n) is 4.47. The van der Waals surface area contributed by atoms with Crippen LogP contribution in [0.1, 0.15) is 18.4 Å². The first-order valence-electron chi connectivity index (χ1n) is 8.98. The molecule has 0 saturated heterocycles. The van der Waals surface area contributed by atoms with Crippen LogP contribution in [0.15, 0.2) is 59.6 Å². The number of benzene rings is 2. The van der Waals surface area contributed by atoms with Crippen LogP contribution >= 0.6 is 0 Å². The lowest BCUT2D eigenvalue weighted by Gasteiger charge is -2.11. The number of ketones is 1. The minimum Gasteiger partial charge on any atom is -0.486 e. The number of hydrogen-bond donors (Lipinski definition) is 0. The summed E-state index contributed by atoms with van der Waals surface area (Å²) in [5.41, 5.74) is 1.33. The average molecular weight is 397 g/mol. The summed E-state index contributed by atoms with van der Waals surface area (Å²) < 4.78 is 36.1. The number of ether oxygens (including phenoxy) is 1. The Morgan fingerprint density at radius 3 is 2.61 bits per heavy atom. The lowest BCUT2D eigenvalue weighted by Crippen LogP contribution is -2.14. The van der Waals surface area contributed by atoms with E-state index in [2.05, 4.69) is 4.98 Å². The van der Waals surface area contributed by atoms with Crippen LogP contribution in [0.4, 0.5) is 0 Å². The van der Waals surface area contributed by atoms with Gasteiger partial charge < -0.3 is 8.92 Å². The second-order valence-corrected chi connectivity index (χ2v) is 8.38. The maximum absolute atomic E-state index is 12.7. The van der Waals surface area contributed by atoms with Crippen molar-refractivity contribution in [2.24, 2.45) is 5.92 Å². The van der Waals surface area contributed by atoms with Crippen LogP contribution in [0.2, 0.25) is 0 Å². The highest BCUT2D eigenvalue weighted by Gasteiger charge is 2.29. The predicted molar refractivity (Wildman–Crippen MR) is 104 cm³/mol. The summed E-state index contributed by atoms with van der Waals surface area (Å²) in [4.78, 5) is 16.0. The Bertz CT molecular complexity index is 1150. The summed E-state index contributed by atoms with van der Waals surface area (Å²) in [6.07, 6.45) is 1.84. The van der Waals surface area contributed by atoms with Crippen LogP contribution in [-0.2, 0) is 14.9 Å². The zero-order valence-corrected chi connectivity index (χ0v) is 16.1. The predicted octanol–water partition coefficient (Wildman–Crippen LogP) is 3.67. The van der Waals surface area contributed by atoms with Crippen molar-refractivity contribution in [1.29, 1.82) is 0 Å². The second-order valence-electron chi connectivity index (χ2n) is 6.89. The Morgan fingerprint density at radius 2 is 1.82 bits per heavy atom. The van der Waals surface area contributed by atoms with E-state index in [1.54, 1.807) is 37.3 Å². The van der Waals surface area contributed by atoms with E-state index in [1.165, 1.54) is 12.1 Å². The van der Waals surface area contributed by atoms with Crippen LogP contribution in [0, 0.1) is 12.8 Å². The van der Waals surface area contributed by atoms with Gasteiger partial charge in [-0.1, -0.05) is 18.2 Å². The fourth-order valence-electron chi connectivity index (χ4n) is 2.88. The molecule has 1 saturated carbocycles. The van der Waals surface area contributed by atoms with Gasteiger partial charge in [0.1, 0.15) is 18.1 Å². The Kier molecular flexibility index (Phi) is 4.77. The van der Waals surface area contributed by atoms with Crippen molar-refractivity contribution in [3.05, 3.63) is 60.2 Å². The first-order chi connectivity index (χ1) is 13.4. The molecular weight excluding hydrogens is 378 g/mol. The van der Waals surface area contributed by atoms with E-state index < -0.39 is 10.1 Å². The summed E-state index contributed by atoms with van der Waals surface area (Å²) in [6, 6.07) is 15.1. The lowest BCUT2D eigenvalue weighted by atomic mass is 10.2. The van der Waals surface area contributed by atoms with E-state index in [0.29, 0.717) is 11.3 Å². The molecule has 1 fully saturated rings. The van der Waals surface area contributed by atoms with Gasteiger partial charge in [-0.15, -0.1) is 0 Å². The molecule has 1 aliphatic rings. The quantitative estimate of drug-likeness (QED) is 0.566. The van der Waals surface area contributed by atoms with Crippen molar-refractivity contribution >= 4 is 26.8 Å². The van der Waals surface area contributed by atoms with Gasteiger partial charge in [0.15, 0.2) is 10.8 Å². The number of aromatic nitrogens is 1. The van der Waals surface area contributed by atoms with E-state index >= 15 is 0 Å². The summed E-state index contributed by atoms with van der Waals surface area (Å²) in [5, 5.41) is 0.673. The molecule has 0 bridgehead atoms. The highest BCUT2D eigenvalue weighted by atomic mass is 32.2. The average Bonchev–Trinajstić information content (AvgIpc) is 3.50. The highest BCUT2D eigenvalue weighted by Crippen LogP contribution is 2.31. The Morgan fingerprint density at radius 1 is 1.07 bits per heavy atom. The van der Waals surface area contributed by atoms with Gasteiger partial charge in [0.2, 0.25) is 0 Å². The van der Waals surface area contributed by atoms with Gasteiger partial charge in [-0.25, -0.2) is 4.98 Å². The molecule has 144 valence electrons. The third-order valence-corrected chi connectivity index (χ3v) is 5.62. The molecule has 1 aliphatic carbocycles. The molecule has 4 rings (SSSR count). The molecule has 28 heavy (non-hydrogen) atoms. The number of pyridine rings is 1. The van der Waals surface area contributed by atoms with Gasteiger partial charge in [0.25, 0.3) is 0 Å². The number of carbonyl (C=O) groups excluding carboxylic acids is 1. The minimum atomic E-state index is -4.11. The highest BCUT2D eigenvalue weighted by molar-refractivity contribution is 7.87. The molecular formula is C21H19NO5S. The van der Waals surface area contributed by atoms with E-state index in [-0.39, 0.29) is 29.1 Å². The van der Waals surface area contributed by atoms with Crippen molar-refractivity contribution < 1.29 is 22.1 Å². The number of nitrogens with zero attached hydrogens (tertiary/aromatic N) is 1. The number of hydrogen-bond acceptors (Lipinski definition) is 6. The maximum Gasteiger partial charge on any atom is 0.356 e. The zero-order chi connectivity index (χ0) is 19.7. The summed E-state index contributed by atoms with van der Waals surface area (Å²) in [6.45, 7) is 1.77. The normalized spacial score (nSPS) is 14.0. The van der Waals surface area contributed by atoms with Gasteiger partial charge in [0, 0.05) is 17.4 Å². The lowest BCUT2D eigenvalue weighted by molar-refractivity contribution is -0.122. The van der Waals surface area contributed by atoms with Crippen LogP contribution < -0.4 is 8.92 Å². The second kappa shape index (κ2) is 7.24. The van der Waals surface area contributed by atoms with Crippen molar-refractivity contribution in [3.63, 3.8) is 0 Å². The number of carbonyl (C=O) groups is 1. The topological polar surface area (TPSA) is 82.6 Å². The van der Waals surface area contributed by atoms with E-state index in [4.69, 9.17) is 8.92 Å². The fourth-order valence-corrected chi connectivity index (χ4v) is 3.76. The largest absolute Gasteiger partial charge is 0.486 e. The van der Waals surface area contributed by atoms with Gasteiger partial charge >= 0.3 is 10.1 Å². The molecule has 0 unspecified atom stereocenters. The minimum absolute atomic E-state index is 0.0213. The van der Waals surface area contributed by atoms with Crippen molar-refractivity contribution in [2.45, 2.75) is 24.8 Å². The standard InChI is InChI=1S/C21H19NO5S/c1-14-10-17(26-13-20(23)16-6-7-16)12-18(11-14)27-28(24,25)21-9-8-15-4-2-3-5-19(15)22-21/h2-5,8-12,16H,6-7,13H2,1H3. The Labute approximate surface area is 163 Å². The van der Waals surface area contributed by atoms with Crippen molar-refractivity contribution in [1.82, 2.24) is 4.98 Å². The Balaban J connectivity index is 1.55. The molecule has 3 aromatic rings. The fraction of sp³-hybridized carbons (Fsp3) is 0.238. The molecule has 1 heterocycles. The van der Waals surface area contributed by atoms with Crippen LogP contribution in [0.3, 0.4) is 0 Å². The number of fused-ring (bicyclic) bond motifs is 1. The molecule has 7 heteroatoms. The van der Waals surface area contributed by atoms with Crippen molar-refractivity contribution in [3.8, 4) is 11.5 Å². The van der Waals surface area contributed by atoms with Gasteiger partial charge in [-0.05, 0) is 55.7 Å². The molecule has 0 atom stereocenters. The molecule has 0 radical (unpaired) electrons. The maximum atomic E-state index is 12.7. The SMILES string of the molecule is Cc1cc(OCC(=O)C2CC2)cc(OS(=O)(=O)c2ccc3ccccc3n2)c1. The Hall–Kier alpha value is -2.93. The summed E-state index contributed by atoms with van der Waals surface area (Å²) in [5.74, 6) is 0.686. The van der Waals surface area contributed by atoms with E-state index in [9.17, 15) is 13.2 Å². The molecule has 0 spiro atoms. The first kappa shape index (κ1) is 18.4. The monoisotopic (exact) mass is 397 g/mol. The molecule has 0 aliphatic heterocycles. The van der Waals surface area contributed by atoms with Gasteiger partial charge in [-0.3, -0.25) is 4.79 Å². The van der Waals surface area contributed by atoms with E-state index in [0.717, 1.165) is 23.8 Å². The van der Waals surface area contributed by atoms with Crippen LogP contribution in [0.25, 0.3) is 10.9 Å². The first-order valence-corrected chi connectivity index (χ1v) is 10.4. The van der Waals surface area contributed by atoms with Crippen molar-refractivity contribution in [2.75, 3.05) is 6.61 Å². The smallest absolute Gasteiger partial charge is 0.356 e. The number of Topliss-reactive ketones (excluding diaryl/α,β-unsaturated/α-hetero) is 1. The molecule has 0 N–H and O–H groups in total. The molecule has 0 amide bonds. The number of para-hydroxylation sites is 1. The molecule has 2 aromatic carbocycles. The van der Waals surface area contributed by atoms with Gasteiger partial charge in [-0.2, -0.15) is 8.42 Å². The van der Waals surface area contributed by atoms with E-state index in [1.807, 2.05) is 12.1 Å². The summed E-state index contributed by atoms with van der Waals surface area (Å²) >= 11 is 0. The number of rotatable bonds is 7. The van der Waals surface area contributed by atoms with Crippen LogP contribution in [0.5, 0.6) is 11.5 Å². The third kappa shape index (κ3) is 4.14. The zero-order valence-electron chi connectivity index (χ0n) is 15.3. The summed E-state index contributed by atoms with van der Waals surface area (Å²) in [7, 11) is -4.11. The van der Waals surface area contributed by atoms with Gasteiger partial charge in [0.05, 0.1) is 5.52 Å². The molecule has 6 nitrogen and oxygen atoms in total.